The zero-order chi connectivity index (χ0) is 17.8. The number of benzene rings is 1. The summed E-state index contributed by atoms with van der Waals surface area (Å²) in [6.45, 7) is 4.25. The van der Waals surface area contributed by atoms with E-state index in [1.165, 1.54) is 25.7 Å². The third-order valence-electron chi connectivity index (χ3n) is 5.38. The van der Waals surface area contributed by atoms with Crippen molar-refractivity contribution >= 4 is 33.4 Å². The first-order valence-electron chi connectivity index (χ1n) is 9.09. The highest BCUT2D eigenvalue weighted by molar-refractivity contribution is 9.10. The molecule has 1 aromatic carbocycles. The molecule has 25 heavy (non-hydrogen) atoms. The predicted octanol–water partition coefficient (Wildman–Crippen LogP) is 4.15. The lowest BCUT2D eigenvalue weighted by Gasteiger charge is -2.26. The van der Waals surface area contributed by atoms with Crippen LogP contribution in [0.25, 0.3) is 0 Å². The second-order valence-electron chi connectivity index (χ2n) is 7.03. The highest BCUT2D eigenvalue weighted by atomic mass is 79.9. The van der Waals surface area contributed by atoms with Crippen molar-refractivity contribution in [3.63, 3.8) is 0 Å². The molecule has 1 aromatic rings. The monoisotopic (exact) mass is 407 g/mol. The lowest BCUT2D eigenvalue weighted by atomic mass is 9.84. The van der Waals surface area contributed by atoms with Gasteiger partial charge in [0.2, 0.25) is 5.84 Å². The fourth-order valence-corrected chi connectivity index (χ4v) is 4.45. The molecule has 0 spiro atoms. The number of rotatable bonds is 5. The molecule has 6 heteroatoms. The maximum absolute atomic E-state index is 12.3. The van der Waals surface area contributed by atoms with Crippen LogP contribution in [-0.2, 0) is 9.53 Å². The molecule has 2 bridgehead atoms. The Hall–Kier alpha value is -1.56. The molecular formula is C19H26BrN3O2. The highest BCUT2D eigenvalue weighted by Crippen LogP contribution is 2.50. The summed E-state index contributed by atoms with van der Waals surface area (Å²) < 4.78 is 6.16. The maximum atomic E-state index is 12.3. The van der Waals surface area contributed by atoms with Gasteiger partial charge in [0.05, 0.1) is 18.3 Å². The van der Waals surface area contributed by atoms with Gasteiger partial charge in [0.15, 0.2) is 0 Å². The van der Waals surface area contributed by atoms with Crippen molar-refractivity contribution in [1.82, 2.24) is 5.43 Å². The molecule has 0 heterocycles. The number of esters is 1. The van der Waals surface area contributed by atoms with E-state index in [0.29, 0.717) is 12.5 Å². The van der Waals surface area contributed by atoms with E-state index in [9.17, 15) is 4.79 Å². The second kappa shape index (κ2) is 8.21. The van der Waals surface area contributed by atoms with Gasteiger partial charge >= 0.3 is 5.97 Å². The van der Waals surface area contributed by atoms with Crippen LogP contribution in [0, 0.1) is 17.8 Å². The lowest BCUT2D eigenvalue weighted by Crippen LogP contribution is -2.38. The van der Waals surface area contributed by atoms with Crippen LogP contribution in [0.3, 0.4) is 0 Å². The van der Waals surface area contributed by atoms with E-state index < -0.39 is 5.97 Å². The van der Waals surface area contributed by atoms with Gasteiger partial charge in [0.1, 0.15) is 0 Å². The summed E-state index contributed by atoms with van der Waals surface area (Å²) in [6.07, 6.45) is 5.26. The van der Waals surface area contributed by atoms with Crippen LogP contribution in [0.5, 0.6) is 0 Å². The van der Waals surface area contributed by atoms with Gasteiger partial charge in [-0.1, -0.05) is 22.4 Å². The summed E-state index contributed by atoms with van der Waals surface area (Å²) >= 11 is 3.41. The van der Waals surface area contributed by atoms with Crippen molar-refractivity contribution in [2.45, 2.75) is 45.6 Å². The molecule has 136 valence electrons. The van der Waals surface area contributed by atoms with E-state index in [1.54, 1.807) is 6.92 Å². The minimum absolute atomic E-state index is 0.119. The number of anilines is 1. The number of fused-ring (bicyclic) bond motifs is 2. The first kappa shape index (κ1) is 18.2. The van der Waals surface area contributed by atoms with E-state index in [4.69, 9.17) is 4.74 Å². The topological polar surface area (TPSA) is 62.7 Å². The van der Waals surface area contributed by atoms with Crippen molar-refractivity contribution in [3.8, 4) is 0 Å². The van der Waals surface area contributed by atoms with E-state index in [-0.39, 0.29) is 11.9 Å². The van der Waals surface area contributed by atoms with E-state index >= 15 is 0 Å². The SMILES string of the molecule is CCOC(=O)C(=NC(C)C1CC2CCC1C2)NNc1ccc(Br)cc1. The molecule has 2 saturated carbocycles. The number of ether oxygens (including phenoxy) is 1. The number of nitrogens with one attached hydrogen (secondary N) is 2. The summed E-state index contributed by atoms with van der Waals surface area (Å²) in [6, 6.07) is 7.82. The molecule has 2 N–H and O–H groups in total. The second-order valence-corrected chi connectivity index (χ2v) is 7.95. The molecular weight excluding hydrogens is 382 g/mol. The van der Waals surface area contributed by atoms with Crippen molar-refractivity contribution in [3.05, 3.63) is 28.7 Å². The van der Waals surface area contributed by atoms with Gasteiger partial charge in [-0.15, -0.1) is 0 Å². The third kappa shape index (κ3) is 4.54. The van der Waals surface area contributed by atoms with Gasteiger partial charge in [-0.05, 0) is 75.1 Å². The Balaban J connectivity index is 1.67. The van der Waals surface area contributed by atoms with Crippen LogP contribution >= 0.6 is 15.9 Å². The maximum Gasteiger partial charge on any atom is 0.375 e. The molecule has 4 unspecified atom stereocenters. The van der Waals surface area contributed by atoms with Crippen LogP contribution in [0.2, 0.25) is 0 Å². The number of halogens is 1. The fourth-order valence-electron chi connectivity index (χ4n) is 4.18. The molecule has 3 rings (SSSR count). The summed E-state index contributed by atoms with van der Waals surface area (Å²) in [5.74, 6) is 2.05. The smallest absolute Gasteiger partial charge is 0.375 e. The van der Waals surface area contributed by atoms with Gasteiger partial charge in [-0.2, -0.15) is 0 Å². The Labute approximate surface area is 157 Å². The van der Waals surface area contributed by atoms with E-state index in [2.05, 4.69) is 38.7 Å². The molecule has 2 aliphatic carbocycles. The molecule has 0 amide bonds. The number of carbonyl (C=O) groups is 1. The number of hydrogen-bond donors (Lipinski definition) is 2. The largest absolute Gasteiger partial charge is 0.460 e. The van der Waals surface area contributed by atoms with Crippen molar-refractivity contribution in [2.75, 3.05) is 12.0 Å². The lowest BCUT2D eigenvalue weighted by molar-refractivity contribution is -0.135. The Bertz CT molecular complexity index is 632. The zero-order valence-corrected chi connectivity index (χ0v) is 16.4. The molecule has 4 atom stereocenters. The Morgan fingerprint density at radius 2 is 2.08 bits per heavy atom. The minimum Gasteiger partial charge on any atom is -0.460 e. The zero-order valence-electron chi connectivity index (χ0n) is 14.8. The Morgan fingerprint density at radius 1 is 1.32 bits per heavy atom. The van der Waals surface area contributed by atoms with Crippen LogP contribution in [0.4, 0.5) is 5.69 Å². The van der Waals surface area contributed by atoms with Crippen molar-refractivity contribution < 1.29 is 9.53 Å². The normalized spacial score (nSPS) is 26.4. The summed E-state index contributed by atoms with van der Waals surface area (Å²) in [5, 5.41) is 0. The fraction of sp³-hybridized carbons (Fsp3) is 0.579. The molecule has 2 aliphatic rings. The van der Waals surface area contributed by atoms with Crippen molar-refractivity contribution in [2.24, 2.45) is 22.7 Å². The third-order valence-corrected chi connectivity index (χ3v) is 5.91. The molecule has 2 fully saturated rings. The summed E-state index contributed by atoms with van der Waals surface area (Å²) in [7, 11) is 0. The number of aliphatic imine (C=N–C) groups is 1. The summed E-state index contributed by atoms with van der Waals surface area (Å²) in [5.41, 5.74) is 6.84. The number of nitrogens with zero attached hydrogens (tertiary/aromatic N) is 1. The van der Waals surface area contributed by atoms with Crippen LogP contribution in [0.1, 0.15) is 39.5 Å². The van der Waals surface area contributed by atoms with E-state index in [1.807, 2.05) is 24.3 Å². The Morgan fingerprint density at radius 3 is 2.68 bits per heavy atom. The van der Waals surface area contributed by atoms with Crippen LogP contribution in [0.15, 0.2) is 33.7 Å². The standard InChI is InChI=1S/C19H26BrN3O2/c1-3-25-19(24)18(23-22-16-8-6-15(20)7-9-16)21-12(2)17-11-13-4-5-14(17)10-13/h6-9,12-14,17,22H,3-5,10-11H2,1-2H3,(H,21,23). The van der Waals surface area contributed by atoms with Gasteiger partial charge < -0.3 is 4.74 Å². The first-order chi connectivity index (χ1) is 12.1. The Kier molecular flexibility index (Phi) is 5.99. The minimum atomic E-state index is -0.415. The number of amidine groups is 1. The molecule has 0 radical (unpaired) electrons. The van der Waals surface area contributed by atoms with Crippen LogP contribution in [-0.4, -0.2) is 24.5 Å². The van der Waals surface area contributed by atoms with Crippen molar-refractivity contribution in [1.29, 1.82) is 0 Å². The van der Waals surface area contributed by atoms with Gasteiger partial charge in [0, 0.05) is 4.47 Å². The summed E-state index contributed by atoms with van der Waals surface area (Å²) in [4.78, 5) is 17.0. The molecule has 5 nitrogen and oxygen atoms in total. The molecule has 0 saturated heterocycles. The molecule has 0 aliphatic heterocycles. The highest BCUT2D eigenvalue weighted by Gasteiger charge is 2.42. The molecule has 0 aromatic heterocycles. The number of carbonyl (C=O) groups excluding carboxylic acids is 1. The predicted molar refractivity (Wildman–Crippen MR) is 103 cm³/mol. The van der Waals surface area contributed by atoms with Crippen LogP contribution < -0.4 is 10.9 Å². The average Bonchev–Trinajstić information content (AvgIpc) is 3.23. The average molecular weight is 408 g/mol. The quantitative estimate of drug-likeness (QED) is 0.333. The van der Waals surface area contributed by atoms with Gasteiger partial charge in [0.25, 0.3) is 0 Å². The number of hydrogen-bond acceptors (Lipinski definition) is 4. The van der Waals surface area contributed by atoms with Gasteiger partial charge in [-0.25, -0.2) is 4.79 Å². The first-order valence-corrected chi connectivity index (χ1v) is 9.88. The van der Waals surface area contributed by atoms with E-state index in [0.717, 1.165) is 22.0 Å². The van der Waals surface area contributed by atoms with Gasteiger partial charge in [-0.3, -0.25) is 15.8 Å². The number of hydrazine groups is 1.